The topological polar surface area (TPSA) is 50.2 Å². The highest BCUT2D eigenvalue weighted by Crippen LogP contribution is 2.25. The van der Waals surface area contributed by atoms with Gasteiger partial charge in [0.05, 0.1) is 0 Å². The molecule has 2 aromatic rings. The molecule has 4 heteroatoms. The molecule has 3 nitrogen and oxygen atoms in total. The number of hydrogen-bond acceptors (Lipinski definition) is 3. The molecular formula is C12H7ClNO2. The number of carbonyl (C=O) groups excluding carboxylic acids is 1. The van der Waals surface area contributed by atoms with Crippen LogP contribution in [0.1, 0.15) is 5.69 Å². The lowest BCUT2D eigenvalue weighted by atomic mass is 10.1. The van der Waals surface area contributed by atoms with Gasteiger partial charge in [-0.1, -0.05) is 23.7 Å². The fraction of sp³-hybridized carbons (Fsp3) is 0. The monoisotopic (exact) mass is 232 g/mol. The molecule has 1 aromatic heterocycles. The van der Waals surface area contributed by atoms with E-state index in [0.29, 0.717) is 10.6 Å². The normalized spacial score (nSPS) is 10.1. The molecule has 79 valence electrons. The van der Waals surface area contributed by atoms with E-state index >= 15 is 0 Å². The van der Waals surface area contributed by atoms with Crippen LogP contribution in [0.15, 0.2) is 36.5 Å². The zero-order valence-electron chi connectivity index (χ0n) is 8.14. The van der Waals surface area contributed by atoms with E-state index in [1.807, 2.05) is 6.07 Å². The average Bonchev–Trinajstić information content (AvgIpc) is 2.29. The van der Waals surface area contributed by atoms with E-state index < -0.39 is 0 Å². The van der Waals surface area contributed by atoms with E-state index in [-0.39, 0.29) is 11.4 Å². The fourth-order valence-corrected chi connectivity index (χ4v) is 1.55. The molecule has 0 saturated carbocycles. The summed E-state index contributed by atoms with van der Waals surface area (Å²) in [4.78, 5) is 14.1. The van der Waals surface area contributed by atoms with Crippen LogP contribution >= 0.6 is 11.6 Å². The molecule has 1 heterocycles. The van der Waals surface area contributed by atoms with Gasteiger partial charge in [-0.05, 0) is 23.8 Å². The van der Waals surface area contributed by atoms with E-state index in [4.69, 9.17) is 11.6 Å². The number of rotatable bonds is 2. The lowest BCUT2D eigenvalue weighted by molar-refractivity contribution is 0.469. The van der Waals surface area contributed by atoms with Crippen molar-refractivity contribution in [2.24, 2.45) is 0 Å². The van der Waals surface area contributed by atoms with Crippen LogP contribution in [-0.4, -0.2) is 16.4 Å². The molecule has 1 radical (unpaired) electrons. The van der Waals surface area contributed by atoms with Crippen molar-refractivity contribution in [2.75, 3.05) is 0 Å². The highest BCUT2D eigenvalue weighted by Gasteiger charge is 2.05. The lowest BCUT2D eigenvalue weighted by Gasteiger charge is -2.03. The number of pyridine rings is 1. The molecule has 0 atom stereocenters. The first kappa shape index (κ1) is 10.6. The molecule has 2 rings (SSSR count). The van der Waals surface area contributed by atoms with E-state index in [2.05, 4.69) is 4.98 Å². The minimum atomic E-state index is -0.188. The predicted octanol–water partition coefficient (Wildman–Crippen LogP) is 2.57. The van der Waals surface area contributed by atoms with Crippen LogP contribution in [0.3, 0.4) is 0 Å². The second kappa shape index (κ2) is 4.33. The minimum Gasteiger partial charge on any atom is -0.506 e. The molecule has 1 aromatic carbocycles. The van der Waals surface area contributed by atoms with Gasteiger partial charge in [0.1, 0.15) is 5.75 Å². The summed E-state index contributed by atoms with van der Waals surface area (Å²) in [5.41, 5.74) is 1.43. The second-order valence-electron chi connectivity index (χ2n) is 3.20. The van der Waals surface area contributed by atoms with Crippen molar-refractivity contribution in [1.29, 1.82) is 0 Å². The third-order valence-electron chi connectivity index (χ3n) is 2.12. The lowest BCUT2D eigenvalue weighted by Crippen LogP contribution is -1.89. The zero-order valence-corrected chi connectivity index (χ0v) is 8.90. The molecule has 1 N–H and O–H groups in total. The molecule has 0 saturated heterocycles. The second-order valence-corrected chi connectivity index (χ2v) is 3.64. The first-order valence-electron chi connectivity index (χ1n) is 4.54. The standard InChI is InChI=1S/C12H7ClNO2/c13-10-3-1-2-8(4-10)9-5-12(16)11(7-15)14-6-9/h1-6,16H. The highest BCUT2D eigenvalue weighted by molar-refractivity contribution is 6.30. The summed E-state index contributed by atoms with van der Waals surface area (Å²) < 4.78 is 0. The van der Waals surface area contributed by atoms with Gasteiger partial charge in [0, 0.05) is 16.8 Å². The maximum Gasteiger partial charge on any atom is 0.257 e. The number of nitrogens with zero attached hydrogens (tertiary/aromatic N) is 1. The average molecular weight is 233 g/mol. The van der Waals surface area contributed by atoms with Gasteiger partial charge >= 0.3 is 0 Å². The Bertz CT molecular complexity index is 540. The molecule has 0 aliphatic carbocycles. The summed E-state index contributed by atoms with van der Waals surface area (Å²) in [5.74, 6) is -0.188. The van der Waals surface area contributed by atoms with Crippen molar-refractivity contribution in [3.8, 4) is 16.9 Å². The summed E-state index contributed by atoms with van der Waals surface area (Å²) in [5, 5.41) is 10.1. The zero-order chi connectivity index (χ0) is 11.5. The Labute approximate surface area is 97.3 Å². The molecule has 0 bridgehead atoms. The highest BCUT2D eigenvalue weighted by atomic mass is 35.5. The Morgan fingerprint density at radius 2 is 2.06 bits per heavy atom. The first-order valence-corrected chi connectivity index (χ1v) is 4.91. The Balaban J connectivity index is 2.49. The number of aromatic nitrogens is 1. The summed E-state index contributed by atoms with van der Waals surface area (Å²) in [6.45, 7) is 0. The van der Waals surface area contributed by atoms with Gasteiger partial charge in [0.25, 0.3) is 6.29 Å². The molecule has 0 unspecified atom stereocenters. The van der Waals surface area contributed by atoms with E-state index in [1.165, 1.54) is 12.3 Å². The van der Waals surface area contributed by atoms with Crippen molar-refractivity contribution in [2.45, 2.75) is 0 Å². The fourth-order valence-electron chi connectivity index (χ4n) is 1.36. The Morgan fingerprint density at radius 1 is 1.25 bits per heavy atom. The quantitative estimate of drug-likeness (QED) is 0.866. The van der Waals surface area contributed by atoms with Crippen molar-refractivity contribution in [1.82, 2.24) is 4.98 Å². The third-order valence-corrected chi connectivity index (χ3v) is 2.36. The van der Waals surface area contributed by atoms with E-state index in [1.54, 1.807) is 24.5 Å². The van der Waals surface area contributed by atoms with Crippen LogP contribution in [0.5, 0.6) is 5.75 Å². The smallest absolute Gasteiger partial charge is 0.257 e. The first-order chi connectivity index (χ1) is 7.70. The van der Waals surface area contributed by atoms with Gasteiger partial charge in [-0.2, -0.15) is 0 Å². The van der Waals surface area contributed by atoms with Crippen molar-refractivity contribution in [3.63, 3.8) is 0 Å². The largest absolute Gasteiger partial charge is 0.506 e. The maximum absolute atomic E-state index is 10.4. The van der Waals surface area contributed by atoms with Crippen LogP contribution < -0.4 is 0 Å². The number of benzene rings is 1. The van der Waals surface area contributed by atoms with E-state index in [0.717, 1.165) is 5.56 Å². The summed E-state index contributed by atoms with van der Waals surface area (Å²) in [6.07, 6.45) is 3.04. The maximum atomic E-state index is 10.4. The molecule has 16 heavy (non-hydrogen) atoms. The molecule has 0 aliphatic rings. The summed E-state index contributed by atoms with van der Waals surface area (Å²) in [7, 11) is 0. The van der Waals surface area contributed by atoms with Gasteiger partial charge in [-0.15, -0.1) is 0 Å². The summed E-state index contributed by atoms with van der Waals surface area (Å²) in [6, 6.07) is 8.61. The summed E-state index contributed by atoms with van der Waals surface area (Å²) >= 11 is 5.85. The van der Waals surface area contributed by atoms with E-state index in [9.17, 15) is 9.90 Å². The molecule has 0 spiro atoms. The van der Waals surface area contributed by atoms with Gasteiger partial charge < -0.3 is 5.11 Å². The van der Waals surface area contributed by atoms with Crippen LogP contribution in [0.4, 0.5) is 0 Å². The van der Waals surface area contributed by atoms with Crippen molar-refractivity contribution < 1.29 is 9.90 Å². The van der Waals surface area contributed by atoms with Gasteiger partial charge in [0.2, 0.25) is 0 Å². The molecule has 0 fully saturated rings. The van der Waals surface area contributed by atoms with Gasteiger partial charge in [-0.25, -0.2) is 4.98 Å². The Morgan fingerprint density at radius 3 is 2.69 bits per heavy atom. The van der Waals surface area contributed by atoms with Crippen LogP contribution in [0, 0.1) is 0 Å². The predicted molar refractivity (Wildman–Crippen MR) is 61.1 cm³/mol. The molecule has 0 amide bonds. The van der Waals surface area contributed by atoms with Crippen LogP contribution in [-0.2, 0) is 4.79 Å². The number of hydrogen-bond donors (Lipinski definition) is 1. The number of halogens is 1. The third kappa shape index (κ3) is 2.04. The molecular weight excluding hydrogens is 226 g/mol. The minimum absolute atomic E-state index is 0.0919. The van der Waals surface area contributed by atoms with Gasteiger partial charge in [-0.3, -0.25) is 4.79 Å². The van der Waals surface area contributed by atoms with Crippen molar-refractivity contribution >= 4 is 17.9 Å². The van der Waals surface area contributed by atoms with Crippen LogP contribution in [0.2, 0.25) is 5.02 Å². The van der Waals surface area contributed by atoms with Gasteiger partial charge in [0.15, 0.2) is 5.69 Å². The Hall–Kier alpha value is -1.87. The van der Waals surface area contributed by atoms with Crippen LogP contribution in [0.25, 0.3) is 11.1 Å². The molecule has 0 aliphatic heterocycles. The Kier molecular flexibility index (Phi) is 2.88. The van der Waals surface area contributed by atoms with Crippen molar-refractivity contribution in [3.05, 3.63) is 47.2 Å². The number of aromatic hydroxyl groups is 1. The SMILES string of the molecule is O=[C]c1ncc(-c2cccc(Cl)c2)cc1O.